The van der Waals surface area contributed by atoms with Gasteiger partial charge in [0.05, 0.1) is 6.61 Å². The number of aliphatic hydroxyl groups excluding tert-OH is 1. The van der Waals surface area contributed by atoms with Crippen molar-refractivity contribution in [2.24, 2.45) is 0 Å². The fourth-order valence-electron chi connectivity index (χ4n) is 2.74. The highest BCUT2D eigenvalue weighted by atomic mass is 28.4. The van der Waals surface area contributed by atoms with E-state index in [4.69, 9.17) is 13.9 Å². The van der Waals surface area contributed by atoms with Crippen LogP contribution < -0.4 is 11.2 Å². The monoisotopic (exact) mass is 386 g/mol. The van der Waals surface area contributed by atoms with E-state index in [1.54, 1.807) is 0 Å². The van der Waals surface area contributed by atoms with Gasteiger partial charge in [-0.15, -0.1) is 0 Å². The number of hydrogen-bond acceptors (Lipinski definition) is 6. The van der Waals surface area contributed by atoms with Gasteiger partial charge in [-0.3, -0.25) is 14.3 Å². The first-order valence-corrected chi connectivity index (χ1v) is 11.8. The second-order valence-corrected chi connectivity index (χ2v) is 12.8. The van der Waals surface area contributed by atoms with E-state index < -0.39 is 44.1 Å². The predicted octanol–water partition coefficient (Wildman–Crippen LogP) is 1.22. The largest absolute Gasteiger partial charge is 0.408 e. The summed E-state index contributed by atoms with van der Waals surface area (Å²) in [6.45, 7) is 12.6. The van der Waals surface area contributed by atoms with Gasteiger partial charge >= 0.3 is 5.69 Å². The van der Waals surface area contributed by atoms with E-state index >= 15 is 0 Å². The van der Waals surface area contributed by atoms with Crippen molar-refractivity contribution in [1.29, 1.82) is 0 Å². The van der Waals surface area contributed by atoms with E-state index in [1.165, 1.54) is 16.8 Å². The van der Waals surface area contributed by atoms with Gasteiger partial charge in [0.2, 0.25) is 0 Å². The average Bonchev–Trinajstić information content (AvgIpc) is 2.84. The van der Waals surface area contributed by atoms with Gasteiger partial charge in [-0.05, 0) is 25.1 Å². The molecule has 0 unspecified atom stereocenters. The van der Waals surface area contributed by atoms with Crippen molar-refractivity contribution >= 4 is 8.32 Å². The molecule has 148 valence electrons. The summed E-state index contributed by atoms with van der Waals surface area (Å²) in [4.78, 5) is 25.8. The fraction of sp³-hybridized carbons (Fsp3) is 0.765. The third-order valence-electron chi connectivity index (χ3n) is 5.19. The molecular formula is C17H30N2O6Si. The molecule has 2 N–H and O–H groups in total. The zero-order valence-electron chi connectivity index (χ0n) is 16.3. The number of hydrogen-bond donors (Lipinski definition) is 2. The Morgan fingerprint density at radius 1 is 1.31 bits per heavy atom. The Balaban J connectivity index is 2.41. The third-order valence-corrected chi connectivity index (χ3v) is 9.66. The Morgan fingerprint density at radius 2 is 1.96 bits per heavy atom. The highest BCUT2D eigenvalue weighted by Crippen LogP contribution is 2.41. The highest BCUT2D eigenvalue weighted by Gasteiger charge is 2.51. The molecule has 1 aromatic rings. The van der Waals surface area contributed by atoms with Crippen LogP contribution in [0.15, 0.2) is 21.9 Å². The number of ether oxygens (including phenoxy) is 2. The summed E-state index contributed by atoms with van der Waals surface area (Å²) in [7, 11) is -2.17. The molecule has 0 bridgehead atoms. The molecule has 0 aromatic carbocycles. The van der Waals surface area contributed by atoms with Crippen LogP contribution in [0.25, 0.3) is 0 Å². The zero-order chi connectivity index (χ0) is 19.7. The van der Waals surface area contributed by atoms with E-state index in [0.717, 1.165) is 0 Å². The molecule has 8 nitrogen and oxygen atoms in total. The average molecular weight is 387 g/mol. The van der Waals surface area contributed by atoms with E-state index in [-0.39, 0.29) is 11.6 Å². The Kier molecular flexibility index (Phi) is 6.29. The lowest BCUT2D eigenvalue weighted by molar-refractivity contribution is -0.0715. The lowest BCUT2D eigenvalue weighted by atomic mass is 10.1. The normalized spacial score (nSPS) is 27.0. The van der Waals surface area contributed by atoms with Crippen LogP contribution in [0.4, 0.5) is 0 Å². The summed E-state index contributed by atoms with van der Waals surface area (Å²) in [6.07, 6.45) is -1.11. The summed E-state index contributed by atoms with van der Waals surface area (Å²) in [5, 5.41) is 9.78. The molecule has 1 saturated heterocycles. The van der Waals surface area contributed by atoms with Gasteiger partial charge in [0.25, 0.3) is 5.56 Å². The maximum Gasteiger partial charge on any atom is 0.330 e. The van der Waals surface area contributed by atoms with E-state index in [2.05, 4.69) is 38.8 Å². The van der Waals surface area contributed by atoms with Crippen LogP contribution in [0, 0.1) is 0 Å². The first-order valence-electron chi connectivity index (χ1n) is 8.89. The van der Waals surface area contributed by atoms with Gasteiger partial charge in [-0.2, -0.15) is 0 Å². The second-order valence-electron chi connectivity index (χ2n) is 8.03. The van der Waals surface area contributed by atoms with Gasteiger partial charge in [0, 0.05) is 18.9 Å². The second kappa shape index (κ2) is 7.77. The van der Waals surface area contributed by atoms with Crippen LogP contribution >= 0.6 is 0 Å². The van der Waals surface area contributed by atoms with Crippen LogP contribution in [0.1, 0.15) is 33.9 Å². The minimum Gasteiger partial charge on any atom is -0.408 e. The predicted molar refractivity (Wildman–Crippen MR) is 99.8 cm³/mol. The van der Waals surface area contributed by atoms with Crippen molar-refractivity contribution in [1.82, 2.24) is 9.55 Å². The molecule has 2 heterocycles. The Labute approximate surface area is 154 Å². The molecule has 1 aliphatic heterocycles. The van der Waals surface area contributed by atoms with Crippen molar-refractivity contribution < 1.29 is 19.0 Å². The minimum absolute atomic E-state index is 0.0311. The molecule has 0 radical (unpaired) electrons. The smallest absolute Gasteiger partial charge is 0.330 e. The van der Waals surface area contributed by atoms with Gasteiger partial charge in [-0.25, -0.2) is 4.79 Å². The molecule has 0 saturated carbocycles. The molecule has 0 amide bonds. The van der Waals surface area contributed by atoms with Crippen LogP contribution in [-0.4, -0.2) is 54.5 Å². The van der Waals surface area contributed by atoms with Crippen LogP contribution in [0.5, 0.6) is 0 Å². The summed E-state index contributed by atoms with van der Waals surface area (Å²) in [6, 6.07) is 1.25. The molecule has 1 aliphatic rings. The maximum absolute atomic E-state index is 12.2. The summed E-state index contributed by atoms with van der Waals surface area (Å²) in [5.41, 5.74) is -1.07. The number of aliphatic hydroxyl groups is 1. The molecule has 4 atom stereocenters. The van der Waals surface area contributed by atoms with Crippen molar-refractivity contribution in [2.45, 2.75) is 70.4 Å². The number of nitrogens with one attached hydrogen (secondary N) is 1. The number of nitrogens with zero attached hydrogens (tertiary/aromatic N) is 1. The standard InChI is InChI=1S/C17H30N2O6Si/c1-7-23-14-13(25-26(5,6)17(2,3)4)11(10-20)24-15(14)19-9-8-12(21)18-16(19)22/h8-9,11,13-15,20H,7,10H2,1-6H3,(H,18,21,22)/t11-,13-,14-,15-/m1/s1. The molecule has 26 heavy (non-hydrogen) atoms. The van der Waals surface area contributed by atoms with E-state index in [9.17, 15) is 14.7 Å². The van der Waals surface area contributed by atoms with Crippen LogP contribution in [-0.2, 0) is 13.9 Å². The number of aromatic amines is 1. The summed E-state index contributed by atoms with van der Waals surface area (Å²) >= 11 is 0. The van der Waals surface area contributed by atoms with Crippen molar-refractivity contribution in [3.8, 4) is 0 Å². The Morgan fingerprint density at radius 3 is 2.46 bits per heavy atom. The lowest BCUT2D eigenvalue weighted by Crippen LogP contribution is -2.50. The zero-order valence-corrected chi connectivity index (χ0v) is 17.3. The molecular weight excluding hydrogens is 356 g/mol. The molecule has 9 heteroatoms. The SMILES string of the molecule is CCO[C@@H]1[C@H](O[Si](C)(C)C(C)(C)C)[C@@H](CO)O[C@H]1n1ccc(=O)[nH]c1=O. The molecule has 0 aliphatic carbocycles. The van der Waals surface area contributed by atoms with Crippen molar-refractivity contribution in [3.63, 3.8) is 0 Å². The minimum atomic E-state index is -2.17. The van der Waals surface area contributed by atoms with Crippen molar-refractivity contribution in [3.05, 3.63) is 33.1 Å². The topological polar surface area (TPSA) is 103 Å². The van der Waals surface area contributed by atoms with Crippen LogP contribution in [0.2, 0.25) is 18.1 Å². The van der Waals surface area contributed by atoms with E-state index in [1.807, 2.05) is 6.92 Å². The van der Waals surface area contributed by atoms with Gasteiger partial charge < -0.3 is 19.0 Å². The molecule has 0 spiro atoms. The maximum atomic E-state index is 12.2. The third kappa shape index (κ3) is 4.17. The number of rotatable bonds is 6. The van der Waals surface area contributed by atoms with Gasteiger partial charge in [0.15, 0.2) is 14.5 Å². The fourth-order valence-corrected chi connectivity index (χ4v) is 4.06. The number of H-pyrrole nitrogens is 1. The van der Waals surface area contributed by atoms with Gasteiger partial charge in [0.1, 0.15) is 18.3 Å². The van der Waals surface area contributed by atoms with Crippen LogP contribution in [0.3, 0.4) is 0 Å². The number of aromatic nitrogens is 2. The first-order chi connectivity index (χ1) is 12.0. The van der Waals surface area contributed by atoms with Gasteiger partial charge in [-0.1, -0.05) is 20.8 Å². The first kappa shape index (κ1) is 21.0. The quantitative estimate of drug-likeness (QED) is 0.713. The molecule has 1 aromatic heterocycles. The Bertz CT molecular complexity index is 723. The summed E-state index contributed by atoms with van der Waals surface area (Å²) in [5.74, 6) is 0. The van der Waals surface area contributed by atoms with Crippen molar-refractivity contribution in [2.75, 3.05) is 13.2 Å². The Hall–Kier alpha value is -1.26. The highest BCUT2D eigenvalue weighted by molar-refractivity contribution is 6.74. The lowest BCUT2D eigenvalue weighted by Gasteiger charge is -2.40. The molecule has 2 rings (SSSR count). The summed E-state index contributed by atoms with van der Waals surface area (Å²) < 4.78 is 19.6. The molecule has 1 fully saturated rings. The van der Waals surface area contributed by atoms with E-state index in [0.29, 0.717) is 6.61 Å².